The van der Waals surface area contributed by atoms with Crippen molar-refractivity contribution in [3.63, 3.8) is 0 Å². The van der Waals surface area contributed by atoms with Gasteiger partial charge in [-0.3, -0.25) is 0 Å². The zero-order valence-electron chi connectivity index (χ0n) is 6.72. The third-order valence-corrected chi connectivity index (χ3v) is 1.38. The minimum atomic E-state index is -1.13. The summed E-state index contributed by atoms with van der Waals surface area (Å²) >= 11 is 0. The van der Waals surface area contributed by atoms with Gasteiger partial charge in [-0.15, -0.1) is 0 Å². The van der Waals surface area contributed by atoms with Gasteiger partial charge in [-0.25, -0.2) is 4.79 Å². The summed E-state index contributed by atoms with van der Waals surface area (Å²) in [6.45, 7) is 3.62. The molecule has 60 valence electrons. The van der Waals surface area contributed by atoms with E-state index in [0.717, 1.165) is 6.42 Å². The van der Waals surface area contributed by atoms with Crippen molar-refractivity contribution in [2.24, 2.45) is 0 Å². The SMILES string of the molecule is CCC/C(C)=C(/C#N)C(=O)O. The number of carboxylic acids is 1. The Morgan fingerprint density at radius 1 is 1.64 bits per heavy atom. The van der Waals surface area contributed by atoms with Gasteiger partial charge in [0.1, 0.15) is 11.6 Å². The highest BCUT2D eigenvalue weighted by atomic mass is 16.4. The largest absolute Gasteiger partial charge is 0.477 e. The van der Waals surface area contributed by atoms with Gasteiger partial charge >= 0.3 is 5.97 Å². The zero-order valence-corrected chi connectivity index (χ0v) is 6.72. The normalized spacial score (nSPS) is 11.7. The summed E-state index contributed by atoms with van der Waals surface area (Å²) < 4.78 is 0. The monoisotopic (exact) mass is 153 g/mol. The lowest BCUT2D eigenvalue weighted by atomic mass is 10.1. The average molecular weight is 153 g/mol. The molecule has 3 heteroatoms. The predicted molar refractivity (Wildman–Crippen MR) is 40.9 cm³/mol. The molecule has 0 aliphatic rings. The van der Waals surface area contributed by atoms with E-state index in [4.69, 9.17) is 10.4 Å². The van der Waals surface area contributed by atoms with E-state index in [-0.39, 0.29) is 5.57 Å². The quantitative estimate of drug-likeness (QED) is 0.496. The van der Waals surface area contributed by atoms with E-state index in [0.29, 0.717) is 12.0 Å². The van der Waals surface area contributed by atoms with Crippen LogP contribution in [0.1, 0.15) is 26.7 Å². The molecule has 0 fully saturated rings. The minimum absolute atomic E-state index is 0.119. The first-order chi connectivity index (χ1) is 5.13. The number of nitrogens with zero attached hydrogens (tertiary/aromatic N) is 1. The van der Waals surface area contributed by atoms with Crippen molar-refractivity contribution in [3.05, 3.63) is 11.1 Å². The number of rotatable bonds is 3. The maximum atomic E-state index is 10.4. The fraction of sp³-hybridized carbons (Fsp3) is 0.500. The van der Waals surface area contributed by atoms with Crippen LogP contribution in [-0.2, 0) is 4.79 Å². The van der Waals surface area contributed by atoms with Crippen LogP contribution in [0.5, 0.6) is 0 Å². The molecular weight excluding hydrogens is 142 g/mol. The standard InChI is InChI=1S/C8H11NO2/c1-3-4-6(2)7(5-9)8(10)11/h3-4H2,1-2H3,(H,10,11)/b7-6-. The number of allylic oxidation sites excluding steroid dienone is 1. The zero-order chi connectivity index (χ0) is 8.85. The van der Waals surface area contributed by atoms with Crippen molar-refractivity contribution in [2.45, 2.75) is 26.7 Å². The van der Waals surface area contributed by atoms with Crippen LogP contribution in [0.4, 0.5) is 0 Å². The van der Waals surface area contributed by atoms with Crippen LogP contribution in [0, 0.1) is 11.3 Å². The highest BCUT2D eigenvalue weighted by molar-refractivity contribution is 5.91. The Bertz CT molecular complexity index is 223. The molecule has 0 amide bonds. The molecule has 0 atom stereocenters. The molecule has 0 aliphatic carbocycles. The minimum Gasteiger partial charge on any atom is -0.477 e. The van der Waals surface area contributed by atoms with Crippen molar-refractivity contribution >= 4 is 5.97 Å². The van der Waals surface area contributed by atoms with Gasteiger partial charge in [0, 0.05) is 0 Å². The smallest absolute Gasteiger partial charge is 0.346 e. The average Bonchev–Trinajstić information content (AvgIpc) is 1.88. The van der Waals surface area contributed by atoms with Crippen molar-refractivity contribution in [1.29, 1.82) is 5.26 Å². The van der Waals surface area contributed by atoms with Gasteiger partial charge in [-0.05, 0) is 18.9 Å². The summed E-state index contributed by atoms with van der Waals surface area (Å²) in [6.07, 6.45) is 1.54. The molecule has 0 saturated heterocycles. The molecule has 0 aromatic rings. The van der Waals surface area contributed by atoms with Gasteiger partial charge in [0.15, 0.2) is 0 Å². The predicted octanol–water partition coefficient (Wildman–Crippen LogP) is 1.71. The van der Waals surface area contributed by atoms with Crippen LogP contribution in [0.25, 0.3) is 0 Å². The van der Waals surface area contributed by atoms with Crippen molar-refractivity contribution < 1.29 is 9.90 Å². The molecule has 0 aliphatic heterocycles. The Morgan fingerprint density at radius 3 is 2.45 bits per heavy atom. The first-order valence-electron chi connectivity index (χ1n) is 3.46. The van der Waals surface area contributed by atoms with Crippen LogP contribution in [0.2, 0.25) is 0 Å². The lowest BCUT2D eigenvalue weighted by molar-refractivity contribution is -0.132. The summed E-state index contributed by atoms with van der Waals surface area (Å²) in [7, 11) is 0. The number of aliphatic carboxylic acids is 1. The van der Waals surface area contributed by atoms with Crippen LogP contribution >= 0.6 is 0 Å². The van der Waals surface area contributed by atoms with Crippen molar-refractivity contribution in [1.82, 2.24) is 0 Å². The van der Waals surface area contributed by atoms with Gasteiger partial charge in [-0.2, -0.15) is 5.26 Å². The van der Waals surface area contributed by atoms with E-state index in [1.807, 2.05) is 6.92 Å². The molecule has 11 heavy (non-hydrogen) atoms. The molecule has 0 saturated carbocycles. The Hall–Kier alpha value is -1.30. The van der Waals surface area contributed by atoms with Crippen LogP contribution in [-0.4, -0.2) is 11.1 Å². The number of nitriles is 1. The highest BCUT2D eigenvalue weighted by Gasteiger charge is 2.08. The number of carbonyl (C=O) groups is 1. The lowest BCUT2D eigenvalue weighted by Gasteiger charge is -1.97. The first kappa shape index (κ1) is 9.70. The maximum Gasteiger partial charge on any atom is 0.346 e. The third kappa shape index (κ3) is 2.85. The summed E-state index contributed by atoms with van der Waals surface area (Å²) in [5, 5.41) is 16.9. The lowest BCUT2D eigenvalue weighted by Crippen LogP contribution is -2.00. The van der Waals surface area contributed by atoms with E-state index >= 15 is 0 Å². The summed E-state index contributed by atoms with van der Waals surface area (Å²) in [5.41, 5.74) is 0.536. The number of hydrogen-bond donors (Lipinski definition) is 1. The highest BCUT2D eigenvalue weighted by Crippen LogP contribution is 2.09. The van der Waals surface area contributed by atoms with Gasteiger partial charge in [0.25, 0.3) is 0 Å². The Kier molecular flexibility index (Phi) is 3.97. The van der Waals surface area contributed by atoms with E-state index in [1.165, 1.54) is 0 Å². The Balaban J connectivity index is 4.58. The molecular formula is C8H11NO2. The fourth-order valence-electron chi connectivity index (χ4n) is 0.826. The topological polar surface area (TPSA) is 61.1 Å². The molecule has 0 aromatic carbocycles. The van der Waals surface area contributed by atoms with E-state index in [9.17, 15) is 4.79 Å². The van der Waals surface area contributed by atoms with E-state index in [1.54, 1.807) is 13.0 Å². The van der Waals surface area contributed by atoms with Gasteiger partial charge in [0.05, 0.1) is 0 Å². The summed E-state index contributed by atoms with van der Waals surface area (Å²) in [6, 6.07) is 1.67. The maximum absolute atomic E-state index is 10.4. The molecule has 3 nitrogen and oxygen atoms in total. The third-order valence-electron chi connectivity index (χ3n) is 1.38. The second-order valence-corrected chi connectivity index (χ2v) is 2.32. The first-order valence-corrected chi connectivity index (χ1v) is 3.46. The van der Waals surface area contributed by atoms with Crippen LogP contribution in [0.15, 0.2) is 11.1 Å². The second-order valence-electron chi connectivity index (χ2n) is 2.32. The van der Waals surface area contributed by atoms with Crippen molar-refractivity contribution in [3.8, 4) is 6.07 Å². The summed E-state index contributed by atoms with van der Waals surface area (Å²) in [5.74, 6) is -1.13. The van der Waals surface area contributed by atoms with Crippen LogP contribution < -0.4 is 0 Å². The Labute approximate surface area is 66.0 Å². The van der Waals surface area contributed by atoms with Crippen molar-refractivity contribution in [2.75, 3.05) is 0 Å². The molecule has 0 radical (unpaired) electrons. The van der Waals surface area contributed by atoms with E-state index < -0.39 is 5.97 Å². The molecule has 0 rings (SSSR count). The molecule has 0 bridgehead atoms. The molecule has 1 N–H and O–H groups in total. The molecule has 0 heterocycles. The van der Waals surface area contributed by atoms with Gasteiger partial charge in [0.2, 0.25) is 0 Å². The second kappa shape index (κ2) is 4.51. The number of hydrogen-bond acceptors (Lipinski definition) is 2. The number of carboxylic acid groups (broad SMARTS) is 1. The van der Waals surface area contributed by atoms with E-state index in [2.05, 4.69) is 0 Å². The van der Waals surface area contributed by atoms with Gasteiger partial charge < -0.3 is 5.11 Å². The van der Waals surface area contributed by atoms with Gasteiger partial charge in [-0.1, -0.05) is 13.3 Å². The van der Waals surface area contributed by atoms with Crippen LogP contribution in [0.3, 0.4) is 0 Å². The fourth-order valence-corrected chi connectivity index (χ4v) is 0.826. The Morgan fingerprint density at radius 2 is 2.18 bits per heavy atom. The molecule has 0 aromatic heterocycles. The summed E-state index contributed by atoms with van der Waals surface area (Å²) in [4.78, 5) is 10.4. The molecule has 0 spiro atoms. The molecule has 0 unspecified atom stereocenters.